The highest BCUT2D eigenvalue weighted by molar-refractivity contribution is 5.72. The van der Waals surface area contributed by atoms with Crippen LogP contribution in [-0.2, 0) is 0 Å². The van der Waals surface area contributed by atoms with E-state index in [4.69, 9.17) is 11.5 Å². The Hall–Kier alpha value is -0.770. The number of nitrogens with two attached hydrogens (primary N) is 2. The number of primary amides is 1. The van der Waals surface area contributed by atoms with Gasteiger partial charge in [0.25, 0.3) is 0 Å². The van der Waals surface area contributed by atoms with Gasteiger partial charge >= 0.3 is 6.03 Å². The van der Waals surface area contributed by atoms with Crippen molar-refractivity contribution in [3.8, 4) is 0 Å². The number of piperidine rings is 1. The second-order valence-corrected chi connectivity index (χ2v) is 2.69. The molecule has 1 aliphatic rings. The molecule has 0 aromatic rings. The molecule has 0 saturated carbocycles. The van der Waals surface area contributed by atoms with E-state index in [9.17, 15) is 4.79 Å². The highest BCUT2D eigenvalue weighted by Crippen LogP contribution is 2.06. The summed E-state index contributed by atoms with van der Waals surface area (Å²) in [7, 11) is 0. The first-order valence-electron chi connectivity index (χ1n) is 3.50. The second-order valence-electron chi connectivity index (χ2n) is 2.69. The van der Waals surface area contributed by atoms with Gasteiger partial charge in [0, 0.05) is 19.1 Å². The normalized spacial score (nSPS) is 26.5. The summed E-state index contributed by atoms with van der Waals surface area (Å²) < 4.78 is 0. The maximum atomic E-state index is 10.6. The van der Waals surface area contributed by atoms with Gasteiger partial charge in [-0.15, -0.1) is 0 Å². The Morgan fingerprint density at radius 1 is 1.60 bits per heavy atom. The number of likely N-dealkylation sites (tertiary alicyclic amines) is 1. The molecule has 58 valence electrons. The van der Waals surface area contributed by atoms with Crippen LogP contribution in [0.3, 0.4) is 0 Å². The summed E-state index contributed by atoms with van der Waals surface area (Å²) in [6.07, 6.45) is 1.98. The van der Waals surface area contributed by atoms with Crippen LogP contribution < -0.4 is 11.5 Å². The molecular formula is C6H13N3O. The van der Waals surface area contributed by atoms with Gasteiger partial charge in [-0.05, 0) is 12.8 Å². The predicted molar refractivity (Wildman–Crippen MR) is 38.4 cm³/mol. The Morgan fingerprint density at radius 3 is 2.70 bits per heavy atom. The SMILES string of the molecule is NC(=O)N1CCC[C@H](N)C1. The lowest BCUT2D eigenvalue weighted by Gasteiger charge is -2.28. The zero-order chi connectivity index (χ0) is 7.56. The Balaban J connectivity index is 2.39. The lowest BCUT2D eigenvalue weighted by atomic mass is 10.1. The number of amides is 2. The van der Waals surface area contributed by atoms with Crippen LogP contribution in [0.5, 0.6) is 0 Å². The van der Waals surface area contributed by atoms with E-state index in [2.05, 4.69) is 0 Å². The molecule has 0 aromatic carbocycles. The zero-order valence-corrected chi connectivity index (χ0v) is 5.92. The fourth-order valence-corrected chi connectivity index (χ4v) is 1.21. The van der Waals surface area contributed by atoms with Gasteiger partial charge in [0.2, 0.25) is 0 Å². The number of urea groups is 1. The molecule has 1 heterocycles. The van der Waals surface area contributed by atoms with Crippen molar-refractivity contribution in [2.75, 3.05) is 13.1 Å². The van der Waals surface area contributed by atoms with Crippen molar-refractivity contribution in [1.29, 1.82) is 0 Å². The third-order valence-corrected chi connectivity index (χ3v) is 1.77. The predicted octanol–water partition coefficient (Wildman–Crippen LogP) is -0.512. The molecule has 0 aliphatic carbocycles. The van der Waals surface area contributed by atoms with Crippen molar-refractivity contribution in [1.82, 2.24) is 4.90 Å². The van der Waals surface area contributed by atoms with E-state index in [0.717, 1.165) is 19.4 Å². The molecule has 0 radical (unpaired) electrons. The highest BCUT2D eigenvalue weighted by Gasteiger charge is 2.18. The largest absolute Gasteiger partial charge is 0.351 e. The van der Waals surface area contributed by atoms with Gasteiger partial charge in [-0.25, -0.2) is 4.79 Å². The lowest BCUT2D eigenvalue weighted by Crippen LogP contribution is -2.47. The summed E-state index contributed by atoms with van der Waals surface area (Å²) in [5, 5.41) is 0. The molecule has 4 N–H and O–H groups in total. The van der Waals surface area contributed by atoms with Crippen molar-refractivity contribution in [3.63, 3.8) is 0 Å². The summed E-state index contributed by atoms with van der Waals surface area (Å²) in [5.74, 6) is 0. The van der Waals surface area contributed by atoms with Crippen molar-refractivity contribution in [2.24, 2.45) is 11.5 Å². The molecular weight excluding hydrogens is 130 g/mol. The number of carbonyl (C=O) groups excluding carboxylic acids is 1. The minimum Gasteiger partial charge on any atom is -0.351 e. The van der Waals surface area contributed by atoms with E-state index in [1.165, 1.54) is 0 Å². The number of nitrogens with zero attached hydrogens (tertiary/aromatic N) is 1. The Morgan fingerprint density at radius 2 is 2.30 bits per heavy atom. The molecule has 1 rings (SSSR count). The van der Waals surface area contributed by atoms with Crippen LogP contribution >= 0.6 is 0 Å². The average molecular weight is 143 g/mol. The molecule has 1 saturated heterocycles. The fraction of sp³-hybridized carbons (Fsp3) is 0.833. The molecule has 0 bridgehead atoms. The van der Waals surface area contributed by atoms with Crippen LogP contribution in [0.25, 0.3) is 0 Å². The number of rotatable bonds is 0. The van der Waals surface area contributed by atoms with Crippen LogP contribution in [0.1, 0.15) is 12.8 Å². The van der Waals surface area contributed by atoms with E-state index < -0.39 is 0 Å². The monoisotopic (exact) mass is 143 g/mol. The molecule has 4 nitrogen and oxygen atoms in total. The van der Waals surface area contributed by atoms with Gasteiger partial charge in [-0.3, -0.25) is 0 Å². The van der Waals surface area contributed by atoms with Crippen molar-refractivity contribution >= 4 is 6.03 Å². The van der Waals surface area contributed by atoms with Crippen molar-refractivity contribution in [2.45, 2.75) is 18.9 Å². The van der Waals surface area contributed by atoms with E-state index in [1.807, 2.05) is 0 Å². The Labute approximate surface area is 60.2 Å². The Bertz CT molecular complexity index is 137. The summed E-state index contributed by atoms with van der Waals surface area (Å²) in [6.45, 7) is 1.39. The highest BCUT2D eigenvalue weighted by atomic mass is 16.2. The van der Waals surface area contributed by atoms with Crippen LogP contribution in [0.15, 0.2) is 0 Å². The van der Waals surface area contributed by atoms with Crippen molar-refractivity contribution < 1.29 is 4.79 Å². The number of carbonyl (C=O) groups is 1. The quantitative estimate of drug-likeness (QED) is 0.479. The van der Waals surface area contributed by atoms with E-state index in [-0.39, 0.29) is 12.1 Å². The molecule has 0 unspecified atom stereocenters. The summed E-state index contributed by atoms with van der Waals surface area (Å²) >= 11 is 0. The fourth-order valence-electron chi connectivity index (χ4n) is 1.21. The van der Waals surface area contributed by atoms with Crippen molar-refractivity contribution in [3.05, 3.63) is 0 Å². The second kappa shape index (κ2) is 2.88. The standard InChI is InChI=1S/C6H13N3O/c7-5-2-1-3-9(4-5)6(8)10/h5H,1-4,7H2,(H2,8,10)/t5-/m0/s1. The van der Waals surface area contributed by atoms with E-state index in [1.54, 1.807) is 4.90 Å². The third-order valence-electron chi connectivity index (χ3n) is 1.77. The smallest absolute Gasteiger partial charge is 0.314 e. The van der Waals surface area contributed by atoms with Gasteiger partial charge in [0.15, 0.2) is 0 Å². The van der Waals surface area contributed by atoms with Gasteiger partial charge in [0.1, 0.15) is 0 Å². The molecule has 2 amide bonds. The van der Waals surface area contributed by atoms with Crippen LogP contribution in [0, 0.1) is 0 Å². The summed E-state index contributed by atoms with van der Waals surface area (Å²) in [6, 6.07) is -0.226. The molecule has 4 heteroatoms. The molecule has 1 atom stereocenters. The number of hydrogen-bond donors (Lipinski definition) is 2. The maximum absolute atomic E-state index is 10.6. The van der Waals surface area contributed by atoms with Crippen LogP contribution in [0.4, 0.5) is 4.79 Å². The van der Waals surface area contributed by atoms with Crippen LogP contribution in [0.2, 0.25) is 0 Å². The molecule has 1 fully saturated rings. The minimum absolute atomic E-state index is 0.126. The molecule has 1 aliphatic heterocycles. The lowest BCUT2D eigenvalue weighted by molar-refractivity contribution is 0.189. The molecule has 10 heavy (non-hydrogen) atoms. The first-order valence-corrected chi connectivity index (χ1v) is 3.50. The van der Waals surface area contributed by atoms with Gasteiger partial charge in [-0.2, -0.15) is 0 Å². The maximum Gasteiger partial charge on any atom is 0.314 e. The van der Waals surface area contributed by atoms with Gasteiger partial charge in [0.05, 0.1) is 0 Å². The Kier molecular flexibility index (Phi) is 2.11. The number of hydrogen-bond acceptors (Lipinski definition) is 2. The first-order chi connectivity index (χ1) is 4.70. The molecule has 0 spiro atoms. The third kappa shape index (κ3) is 1.60. The molecule has 0 aromatic heterocycles. The minimum atomic E-state index is -0.352. The zero-order valence-electron chi connectivity index (χ0n) is 5.92. The summed E-state index contributed by atoms with van der Waals surface area (Å²) in [5.41, 5.74) is 10.7. The van der Waals surface area contributed by atoms with Gasteiger partial charge < -0.3 is 16.4 Å². The van der Waals surface area contributed by atoms with E-state index >= 15 is 0 Å². The topological polar surface area (TPSA) is 72.4 Å². The van der Waals surface area contributed by atoms with Gasteiger partial charge in [-0.1, -0.05) is 0 Å². The first kappa shape index (κ1) is 7.34. The van der Waals surface area contributed by atoms with E-state index in [0.29, 0.717) is 6.54 Å². The van der Waals surface area contributed by atoms with Crippen LogP contribution in [-0.4, -0.2) is 30.1 Å². The summed E-state index contributed by atoms with van der Waals surface area (Å²) in [4.78, 5) is 12.2. The average Bonchev–Trinajstić information content (AvgIpc) is 1.88.